The first-order valence-corrected chi connectivity index (χ1v) is 5.32. The van der Waals surface area contributed by atoms with Gasteiger partial charge >= 0.3 is 0 Å². The lowest BCUT2D eigenvalue weighted by Crippen LogP contribution is -2.27. The largest absolute Gasteiger partial charge is 0.459 e. The molecule has 1 amide bonds. The molecule has 1 heterocycles. The molecule has 2 N–H and O–H groups in total. The quantitative estimate of drug-likeness (QED) is 0.842. The molecular weight excluding hydrogens is 218 g/mol. The van der Waals surface area contributed by atoms with Gasteiger partial charge in [-0.05, 0) is 17.7 Å². The maximum atomic E-state index is 11.5. The van der Waals surface area contributed by atoms with Crippen molar-refractivity contribution in [3.05, 3.63) is 60.1 Å². The Morgan fingerprint density at radius 1 is 1.24 bits per heavy atom. The minimum Gasteiger partial charge on any atom is -0.459 e. The van der Waals surface area contributed by atoms with E-state index in [1.54, 1.807) is 12.1 Å². The Morgan fingerprint density at radius 2 is 2.00 bits per heavy atom. The van der Waals surface area contributed by atoms with Gasteiger partial charge in [0.05, 0.1) is 12.4 Å². The molecule has 0 aliphatic rings. The van der Waals surface area contributed by atoms with Crippen molar-refractivity contribution in [2.24, 2.45) is 0 Å². The number of benzene rings is 1. The van der Waals surface area contributed by atoms with Crippen LogP contribution in [0, 0.1) is 0 Å². The summed E-state index contributed by atoms with van der Waals surface area (Å²) in [6, 6.07) is 12.4. The fourth-order valence-electron chi connectivity index (χ4n) is 1.48. The summed E-state index contributed by atoms with van der Waals surface area (Å²) in [6.45, 7) is 0.156. The third-order valence-corrected chi connectivity index (χ3v) is 2.39. The van der Waals surface area contributed by atoms with Gasteiger partial charge in [0.1, 0.15) is 0 Å². The topological polar surface area (TPSA) is 62.5 Å². The summed E-state index contributed by atoms with van der Waals surface area (Å²) in [5.74, 6) is -0.0877. The number of carbonyl (C=O) groups is 1. The van der Waals surface area contributed by atoms with Crippen LogP contribution in [0.5, 0.6) is 0 Å². The van der Waals surface area contributed by atoms with E-state index in [0.717, 1.165) is 5.56 Å². The average molecular weight is 231 g/mol. The number of hydrogen-bond donors (Lipinski definition) is 2. The van der Waals surface area contributed by atoms with E-state index in [-0.39, 0.29) is 18.2 Å². The minimum atomic E-state index is -0.713. The summed E-state index contributed by atoms with van der Waals surface area (Å²) < 4.78 is 4.94. The van der Waals surface area contributed by atoms with Crippen LogP contribution in [0.4, 0.5) is 0 Å². The summed E-state index contributed by atoms with van der Waals surface area (Å²) in [5.41, 5.74) is 0.771. The normalized spacial score (nSPS) is 12.1. The molecule has 0 bridgehead atoms. The van der Waals surface area contributed by atoms with Crippen molar-refractivity contribution in [3.63, 3.8) is 0 Å². The maximum absolute atomic E-state index is 11.5. The Morgan fingerprint density at radius 3 is 2.65 bits per heavy atom. The van der Waals surface area contributed by atoms with Crippen molar-refractivity contribution < 1.29 is 14.3 Å². The fourth-order valence-corrected chi connectivity index (χ4v) is 1.48. The molecule has 1 aromatic heterocycles. The van der Waals surface area contributed by atoms with E-state index >= 15 is 0 Å². The van der Waals surface area contributed by atoms with Crippen LogP contribution in [0.2, 0.25) is 0 Å². The minimum absolute atomic E-state index is 0.156. The van der Waals surface area contributed by atoms with Gasteiger partial charge in [-0.1, -0.05) is 30.3 Å². The number of hydrogen-bond acceptors (Lipinski definition) is 3. The van der Waals surface area contributed by atoms with Gasteiger partial charge in [0.15, 0.2) is 5.76 Å². The van der Waals surface area contributed by atoms with E-state index in [9.17, 15) is 9.90 Å². The van der Waals surface area contributed by atoms with Gasteiger partial charge in [0.25, 0.3) is 5.91 Å². The molecule has 88 valence electrons. The predicted octanol–water partition coefficient (Wildman–Crippen LogP) is 1.74. The average Bonchev–Trinajstić information content (AvgIpc) is 2.90. The van der Waals surface area contributed by atoms with E-state index < -0.39 is 6.10 Å². The van der Waals surface area contributed by atoms with E-state index in [4.69, 9.17) is 4.42 Å². The molecule has 0 saturated heterocycles. The molecule has 4 heteroatoms. The lowest BCUT2D eigenvalue weighted by Gasteiger charge is -2.11. The van der Waals surface area contributed by atoms with Crippen LogP contribution in [0.15, 0.2) is 53.1 Å². The van der Waals surface area contributed by atoms with Crippen molar-refractivity contribution in [2.75, 3.05) is 6.54 Å². The van der Waals surface area contributed by atoms with Crippen molar-refractivity contribution in [1.29, 1.82) is 0 Å². The van der Waals surface area contributed by atoms with Gasteiger partial charge in [-0.25, -0.2) is 0 Å². The molecule has 17 heavy (non-hydrogen) atoms. The molecule has 0 aliphatic carbocycles. The summed E-state index contributed by atoms with van der Waals surface area (Å²) in [6.07, 6.45) is 0.720. The van der Waals surface area contributed by atoms with Crippen molar-refractivity contribution >= 4 is 5.91 Å². The van der Waals surface area contributed by atoms with E-state index in [2.05, 4.69) is 5.32 Å². The lowest BCUT2D eigenvalue weighted by molar-refractivity contribution is 0.0889. The van der Waals surface area contributed by atoms with E-state index in [0.29, 0.717) is 0 Å². The molecule has 0 aliphatic heterocycles. The highest BCUT2D eigenvalue weighted by atomic mass is 16.3. The Bertz CT molecular complexity index is 465. The molecule has 4 nitrogen and oxygen atoms in total. The summed E-state index contributed by atoms with van der Waals surface area (Å²) >= 11 is 0. The van der Waals surface area contributed by atoms with Crippen LogP contribution in [0.1, 0.15) is 22.2 Å². The number of aliphatic hydroxyl groups excluding tert-OH is 1. The second kappa shape index (κ2) is 5.32. The van der Waals surface area contributed by atoms with Crippen LogP contribution in [0.3, 0.4) is 0 Å². The second-order valence-electron chi connectivity index (χ2n) is 3.61. The van der Waals surface area contributed by atoms with Crippen LogP contribution in [-0.4, -0.2) is 17.6 Å². The number of nitrogens with one attached hydrogen (secondary N) is 1. The van der Waals surface area contributed by atoms with Crippen LogP contribution in [-0.2, 0) is 0 Å². The van der Waals surface area contributed by atoms with Crippen molar-refractivity contribution in [2.45, 2.75) is 6.10 Å². The third kappa shape index (κ3) is 2.95. The Labute approximate surface area is 98.9 Å². The number of furan rings is 1. The van der Waals surface area contributed by atoms with Gasteiger partial charge in [0.2, 0.25) is 0 Å². The summed E-state index contributed by atoms with van der Waals surface area (Å²) in [7, 11) is 0. The maximum Gasteiger partial charge on any atom is 0.287 e. The number of amides is 1. The molecule has 1 unspecified atom stereocenters. The first-order valence-electron chi connectivity index (χ1n) is 5.32. The van der Waals surface area contributed by atoms with Gasteiger partial charge < -0.3 is 14.8 Å². The summed E-state index contributed by atoms with van der Waals surface area (Å²) in [5, 5.41) is 12.4. The smallest absolute Gasteiger partial charge is 0.287 e. The molecule has 2 aromatic rings. The lowest BCUT2D eigenvalue weighted by atomic mass is 10.1. The second-order valence-corrected chi connectivity index (χ2v) is 3.61. The summed E-state index contributed by atoms with van der Waals surface area (Å²) in [4.78, 5) is 11.5. The predicted molar refractivity (Wildman–Crippen MR) is 62.4 cm³/mol. The number of aliphatic hydroxyl groups is 1. The highest BCUT2D eigenvalue weighted by molar-refractivity contribution is 5.91. The highest BCUT2D eigenvalue weighted by Gasteiger charge is 2.11. The SMILES string of the molecule is O=C(NCC(O)c1ccccc1)c1ccco1. The molecule has 0 radical (unpaired) electrons. The number of rotatable bonds is 4. The monoisotopic (exact) mass is 231 g/mol. The molecule has 0 fully saturated rings. The first kappa shape index (κ1) is 11.4. The van der Waals surface area contributed by atoms with Crippen LogP contribution < -0.4 is 5.32 Å². The molecule has 0 saturated carbocycles. The Balaban J connectivity index is 1.89. The van der Waals surface area contributed by atoms with E-state index in [1.165, 1.54) is 6.26 Å². The Hall–Kier alpha value is -2.07. The van der Waals surface area contributed by atoms with Crippen LogP contribution in [0.25, 0.3) is 0 Å². The standard InChI is InChI=1S/C13H13NO3/c15-11(10-5-2-1-3-6-10)9-14-13(16)12-7-4-8-17-12/h1-8,11,15H,9H2,(H,14,16). The molecule has 1 aromatic carbocycles. The zero-order valence-corrected chi connectivity index (χ0v) is 9.17. The molecule has 0 spiro atoms. The van der Waals surface area contributed by atoms with Gasteiger partial charge in [-0.2, -0.15) is 0 Å². The fraction of sp³-hybridized carbons (Fsp3) is 0.154. The van der Waals surface area contributed by atoms with Gasteiger partial charge in [0, 0.05) is 6.54 Å². The van der Waals surface area contributed by atoms with E-state index in [1.807, 2.05) is 30.3 Å². The van der Waals surface area contributed by atoms with Crippen molar-refractivity contribution in [3.8, 4) is 0 Å². The first-order chi connectivity index (χ1) is 8.27. The molecule has 1 atom stereocenters. The molecular formula is C13H13NO3. The Kier molecular flexibility index (Phi) is 3.57. The zero-order valence-electron chi connectivity index (χ0n) is 9.17. The molecule has 2 rings (SSSR count). The van der Waals surface area contributed by atoms with Crippen molar-refractivity contribution in [1.82, 2.24) is 5.32 Å². The highest BCUT2D eigenvalue weighted by Crippen LogP contribution is 2.10. The van der Waals surface area contributed by atoms with Gasteiger partial charge in [-0.15, -0.1) is 0 Å². The number of carbonyl (C=O) groups excluding carboxylic acids is 1. The third-order valence-electron chi connectivity index (χ3n) is 2.39. The van der Waals surface area contributed by atoms with Crippen LogP contribution >= 0.6 is 0 Å². The zero-order chi connectivity index (χ0) is 12.1. The van der Waals surface area contributed by atoms with Gasteiger partial charge in [-0.3, -0.25) is 4.79 Å².